The molecule has 38 heavy (non-hydrogen) atoms. The van der Waals surface area contributed by atoms with E-state index in [4.69, 9.17) is 14.7 Å². The molecule has 0 spiro atoms. The van der Waals surface area contributed by atoms with Crippen molar-refractivity contribution in [2.24, 2.45) is 5.10 Å². The average molecular weight is 505 g/mol. The van der Waals surface area contributed by atoms with E-state index in [2.05, 4.69) is 52.9 Å². The molecule has 1 aromatic heterocycles. The number of benzene rings is 3. The normalized spacial score (nSPS) is 10.7. The number of hydrazone groups is 1. The molecule has 0 atom stereocenters. The van der Waals surface area contributed by atoms with Gasteiger partial charge in [-0.05, 0) is 73.0 Å². The van der Waals surface area contributed by atoms with E-state index in [9.17, 15) is 4.79 Å². The lowest BCUT2D eigenvalue weighted by atomic mass is 10.1. The molecule has 1 heterocycles. The first-order chi connectivity index (χ1) is 18.5. The summed E-state index contributed by atoms with van der Waals surface area (Å²) in [5, 5.41) is 13.0. The van der Waals surface area contributed by atoms with Crippen LogP contribution in [0.1, 0.15) is 27.2 Å². The molecule has 0 fully saturated rings. The fourth-order valence-corrected chi connectivity index (χ4v) is 4.19. The van der Waals surface area contributed by atoms with Gasteiger partial charge in [-0.15, -0.1) is 6.58 Å². The Morgan fingerprint density at radius 2 is 1.87 bits per heavy atom. The van der Waals surface area contributed by atoms with Gasteiger partial charge in [0, 0.05) is 22.5 Å². The molecule has 0 saturated carbocycles. The summed E-state index contributed by atoms with van der Waals surface area (Å²) < 4.78 is 13.1. The molecular formula is C31H28N4O3. The summed E-state index contributed by atoms with van der Waals surface area (Å²) in [6.07, 6.45) is 3.79. The van der Waals surface area contributed by atoms with Gasteiger partial charge in [-0.1, -0.05) is 36.4 Å². The second-order valence-corrected chi connectivity index (χ2v) is 8.46. The Morgan fingerprint density at radius 3 is 2.55 bits per heavy atom. The van der Waals surface area contributed by atoms with Gasteiger partial charge in [0.05, 0.1) is 19.0 Å². The van der Waals surface area contributed by atoms with Gasteiger partial charge in [0.2, 0.25) is 0 Å². The highest BCUT2D eigenvalue weighted by atomic mass is 16.5. The molecule has 1 N–H and O–H groups in total. The SMILES string of the molecule is C=CCc1cc(/C=N/NC(=O)c2ccc(-n3c(C)ccc3-c3ccccc3)cc2)cc(OC)c1OCC#N. The fourth-order valence-electron chi connectivity index (χ4n) is 4.19. The molecule has 0 bridgehead atoms. The minimum absolute atomic E-state index is 0.0970. The van der Waals surface area contributed by atoms with Crippen molar-refractivity contribution in [3.63, 3.8) is 0 Å². The van der Waals surface area contributed by atoms with E-state index in [0.717, 1.165) is 28.2 Å². The van der Waals surface area contributed by atoms with Gasteiger partial charge in [-0.3, -0.25) is 4.79 Å². The van der Waals surface area contributed by atoms with Crippen LogP contribution in [-0.2, 0) is 6.42 Å². The lowest BCUT2D eigenvalue weighted by Crippen LogP contribution is -2.17. The highest BCUT2D eigenvalue weighted by Gasteiger charge is 2.13. The molecule has 0 saturated heterocycles. The lowest BCUT2D eigenvalue weighted by Gasteiger charge is -2.14. The zero-order valence-corrected chi connectivity index (χ0v) is 21.3. The van der Waals surface area contributed by atoms with E-state index in [1.54, 1.807) is 24.3 Å². The number of allylic oxidation sites excluding steroid dienone is 1. The Bertz CT molecular complexity index is 1500. The van der Waals surface area contributed by atoms with Crippen LogP contribution < -0.4 is 14.9 Å². The van der Waals surface area contributed by atoms with Gasteiger partial charge in [-0.25, -0.2) is 5.43 Å². The quantitative estimate of drug-likeness (QED) is 0.167. The van der Waals surface area contributed by atoms with Gasteiger partial charge in [0.25, 0.3) is 5.91 Å². The molecular weight excluding hydrogens is 476 g/mol. The van der Waals surface area contributed by atoms with Crippen LogP contribution in [-0.4, -0.2) is 30.4 Å². The molecule has 4 rings (SSSR count). The van der Waals surface area contributed by atoms with Crippen LogP contribution in [0, 0.1) is 18.3 Å². The number of ether oxygens (including phenoxy) is 2. The van der Waals surface area contributed by atoms with E-state index < -0.39 is 0 Å². The zero-order valence-electron chi connectivity index (χ0n) is 21.3. The minimum atomic E-state index is -0.326. The number of hydrogen-bond donors (Lipinski definition) is 1. The highest BCUT2D eigenvalue weighted by molar-refractivity contribution is 5.95. The summed E-state index contributed by atoms with van der Waals surface area (Å²) in [6, 6.07) is 27.3. The Morgan fingerprint density at radius 1 is 1.11 bits per heavy atom. The van der Waals surface area contributed by atoms with Crippen LogP contribution in [0.3, 0.4) is 0 Å². The van der Waals surface area contributed by atoms with Crippen LogP contribution in [0.5, 0.6) is 11.5 Å². The minimum Gasteiger partial charge on any atom is -0.493 e. The number of rotatable bonds is 10. The highest BCUT2D eigenvalue weighted by Crippen LogP contribution is 2.33. The molecule has 0 aliphatic heterocycles. The number of nitrogens with one attached hydrogen (secondary N) is 1. The van der Waals surface area contributed by atoms with Crippen molar-refractivity contribution in [3.05, 3.63) is 114 Å². The van der Waals surface area contributed by atoms with Crippen LogP contribution >= 0.6 is 0 Å². The number of amides is 1. The van der Waals surface area contributed by atoms with Crippen LogP contribution in [0.4, 0.5) is 0 Å². The third-order valence-corrected chi connectivity index (χ3v) is 5.93. The Kier molecular flexibility index (Phi) is 8.37. The van der Waals surface area contributed by atoms with E-state index in [0.29, 0.717) is 29.0 Å². The molecule has 7 nitrogen and oxygen atoms in total. The van der Waals surface area contributed by atoms with E-state index in [1.807, 2.05) is 42.5 Å². The smallest absolute Gasteiger partial charge is 0.271 e. The van der Waals surface area contributed by atoms with Gasteiger partial charge in [0.15, 0.2) is 18.1 Å². The number of nitrogens with zero attached hydrogens (tertiary/aromatic N) is 3. The third-order valence-electron chi connectivity index (χ3n) is 5.93. The number of nitriles is 1. The number of aromatic nitrogens is 1. The predicted octanol–water partition coefficient (Wildman–Crippen LogP) is 5.86. The molecule has 4 aromatic rings. The van der Waals surface area contributed by atoms with Crippen LogP contribution in [0.2, 0.25) is 0 Å². The Labute approximate surface area is 222 Å². The average Bonchev–Trinajstić information content (AvgIpc) is 3.34. The summed E-state index contributed by atoms with van der Waals surface area (Å²) in [5.41, 5.74) is 8.83. The van der Waals surface area contributed by atoms with E-state index in [-0.39, 0.29) is 12.5 Å². The molecule has 0 aliphatic carbocycles. The number of carbonyl (C=O) groups excluding carboxylic acids is 1. The fraction of sp³-hybridized carbons (Fsp3) is 0.129. The third kappa shape index (κ3) is 5.82. The summed E-state index contributed by atoms with van der Waals surface area (Å²) in [7, 11) is 1.52. The molecule has 1 amide bonds. The van der Waals surface area contributed by atoms with Crippen molar-refractivity contribution < 1.29 is 14.3 Å². The van der Waals surface area contributed by atoms with Crippen LogP contribution in [0.25, 0.3) is 16.9 Å². The topological polar surface area (TPSA) is 88.6 Å². The number of methoxy groups -OCH3 is 1. The maximum atomic E-state index is 12.7. The van der Waals surface area contributed by atoms with Gasteiger partial charge < -0.3 is 14.0 Å². The molecule has 190 valence electrons. The Balaban J connectivity index is 1.49. The van der Waals surface area contributed by atoms with Gasteiger partial charge >= 0.3 is 0 Å². The largest absolute Gasteiger partial charge is 0.493 e. The molecule has 3 aromatic carbocycles. The lowest BCUT2D eigenvalue weighted by molar-refractivity contribution is 0.0955. The van der Waals surface area contributed by atoms with E-state index in [1.165, 1.54) is 13.3 Å². The molecule has 0 unspecified atom stereocenters. The van der Waals surface area contributed by atoms with Crippen molar-refractivity contribution in [1.29, 1.82) is 5.26 Å². The van der Waals surface area contributed by atoms with Crippen molar-refractivity contribution >= 4 is 12.1 Å². The maximum absolute atomic E-state index is 12.7. The summed E-state index contributed by atoms with van der Waals surface area (Å²) in [5.74, 6) is 0.634. The van der Waals surface area contributed by atoms with Gasteiger partial charge in [-0.2, -0.15) is 10.4 Å². The first-order valence-corrected chi connectivity index (χ1v) is 12.0. The Hall–Kier alpha value is -5.09. The van der Waals surface area contributed by atoms with Crippen molar-refractivity contribution in [2.45, 2.75) is 13.3 Å². The number of aryl methyl sites for hydroxylation is 1. The second kappa shape index (κ2) is 12.2. The predicted molar refractivity (Wildman–Crippen MR) is 149 cm³/mol. The number of carbonyl (C=O) groups is 1. The first kappa shape index (κ1) is 26.0. The monoisotopic (exact) mass is 504 g/mol. The van der Waals surface area contributed by atoms with Crippen molar-refractivity contribution in [3.8, 4) is 34.5 Å². The second-order valence-electron chi connectivity index (χ2n) is 8.46. The van der Waals surface area contributed by atoms with Crippen molar-refractivity contribution in [1.82, 2.24) is 9.99 Å². The maximum Gasteiger partial charge on any atom is 0.271 e. The molecule has 0 aliphatic rings. The van der Waals surface area contributed by atoms with Crippen molar-refractivity contribution in [2.75, 3.05) is 13.7 Å². The number of hydrogen-bond acceptors (Lipinski definition) is 5. The molecule has 7 heteroatoms. The summed E-state index contributed by atoms with van der Waals surface area (Å²) in [6.45, 7) is 5.73. The summed E-state index contributed by atoms with van der Waals surface area (Å²) >= 11 is 0. The molecule has 0 radical (unpaired) electrons. The summed E-state index contributed by atoms with van der Waals surface area (Å²) in [4.78, 5) is 12.7. The van der Waals surface area contributed by atoms with E-state index >= 15 is 0 Å². The van der Waals surface area contributed by atoms with Crippen LogP contribution in [0.15, 0.2) is 96.6 Å². The first-order valence-electron chi connectivity index (χ1n) is 12.0. The zero-order chi connectivity index (χ0) is 26.9. The van der Waals surface area contributed by atoms with Gasteiger partial charge in [0.1, 0.15) is 6.07 Å². The standard InChI is InChI=1S/C31H28N4O3/c1-4-8-26-19-23(20-29(37-3)30(26)38-18-17-32)21-33-34-31(36)25-12-14-27(15-13-25)35-22(2)11-16-28(35)24-9-6-5-7-10-24/h4-7,9-16,19-21H,1,8,18H2,2-3H3,(H,34,36)/b33-21+.